The van der Waals surface area contributed by atoms with Crippen LogP contribution in [0.2, 0.25) is 0 Å². The average molecular weight is 206 g/mol. The van der Waals surface area contributed by atoms with Gasteiger partial charge in [-0.2, -0.15) is 5.26 Å². The van der Waals surface area contributed by atoms with Gasteiger partial charge in [0, 0.05) is 11.3 Å². The number of hydrogen-bond donors (Lipinski definition) is 0. The first-order valence-electron chi connectivity index (χ1n) is 5.05. The number of nitrogens with zero attached hydrogens (tertiary/aromatic N) is 2. The third-order valence-corrected chi connectivity index (χ3v) is 4.07. The summed E-state index contributed by atoms with van der Waals surface area (Å²) in [5, 5.41) is 12.4. The van der Waals surface area contributed by atoms with Gasteiger partial charge in [-0.05, 0) is 19.3 Å². The van der Waals surface area contributed by atoms with E-state index < -0.39 is 0 Å². The van der Waals surface area contributed by atoms with Crippen LogP contribution in [-0.2, 0) is 5.41 Å². The molecule has 14 heavy (non-hydrogen) atoms. The molecule has 1 aliphatic carbocycles. The summed E-state index contributed by atoms with van der Waals surface area (Å²) in [6, 6.07) is 2.43. The van der Waals surface area contributed by atoms with Gasteiger partial charge in [-0.3, -0.25) is 0 Å². The predicted molar refractivity (Wildman–Crippen MR) is 57.3 cm³/mol. The molecule has 0 N–H and O–H groups in total. The van der Waals surface area contributed by atoms with Gasteiger partial charge in [0.1, 0.15) is 5.41 Å². The van der Waals surface area contributed by atoms with Crippen LogP contribution in [0.4, 0.5) is 0 Å². The average Bonchev–Trinajstić information content (AvgIpc) is 2.52. The maximum absolute atomic E-state index is 9.15. The molecule has 1 heterocycles. The summed E-state index contributed by atoms with van der Waals surface area (Å²) in [5.74, 6) is 0.476. The van der Waals surface area contributed by atoms with E-state index in [0.717, 1.165) is 23.5 Å². The molecule has 0 spiro atoms. The Bertz CT molecular complexity index is 369. The summed E-state index contributed by atoms with van der Waals surface area (Å²) in [4.78, 5) is 4.57. The fourth-order valence-electron chi connectivity index (χ4n) is 1.73. The molecular formula is C11H14N2S. The van der Waals surface area contributed by atoms with E-state index in [9.17, 15) is 0 Å². The van der Waals surface area contributed by atoms with Crippen LogP contribution >= 0.6 is 11.3 Å². The lowest BCUT2D eigenvalue weighted by Gasteiger charge is -2.33. The second kappa shape index (κ2) is 3.36. The van der Waals surface area contributed by atoms with Crippen molar-refractivity contribution in [1.29, 1.82) is 5.26 Å². The molecule has 0 bridgehead atoms. The van der Waals surface area contributed by atoms with Gasteiger partial charge in [0.2, 0.25) is 0 Å². The Morgan fingerprint density at radius 3 is 2.64 bits per heavy atom. The molecule has 1 aliphatic rings. The largest absolute Gasteiger partial charge is 0.244 e. The number of aromatic nitrogens is 1. The highest BCUT2D eigenvalue weighted by Gasteiger charge is 2.41. The van der Waals surface area contributed by atoms with Crippen LogP contribution in [0.1, 0.15) is 49.7 Å². The topological polar surface area (TPSA) is 36.7 Å². The lowest BCUT2D eigenvalue weighted by Crippen LogP contribution is -2.32. The molecule has 1 fully saturated rings. The van der Waals surface area contributed by atoms with Crippen LogP contribution in [0.5, 0.6) is 0 Å². The van der Waals surface area contributed by atoms with Gasteiger partial charge in [-0.15, -0.1) is 11.3 Å². The third kappa shape index (κ3) is 1.34. The highest BCUT2D eigenvalue weighted by atomic mass is 32.1. The van der Waals surface area contributed by atoms with E-state index in [4.69, 9.17) is 5.26 Å². The van der Waals surface area contributed by atoms with E-state index in [1.165, 1.54) is 6.42 Å². The highest BCUT2D eigenvalue weighted by molar-refractivity contribution is 7.09. The Labute approximate surface area is 88.6 Å². The molecule has 1 saturated carbocycles. The molecule has 0 unspecified atom stereocenters. The van der Waals surface area contributed by atoms with Crippen molar-refractivity contribution in [2.24, 2.45) is 0 Å². The summed E-state index contributed by atoms with van der Waals surface area (Å²) >= 11 is 1.69. The van der Waals surface area contributed by atoms with Crippen LogP contribution in [0, 0.1) is 11.3 Å². The minimum Gasteiger partial charge on any atom is -0.244 e. The van der Waals surface area contributed by atoms with Crippen molar-refractivity contribution >= 4 is 11.3 Å². The molecule has 1 aromatic rings. The molecule has 0 radical (unpaired) electrons. The van der Waals surface area contributed by atoms with Crippen molar-refractivity contribution in [1.82, 2.24) is 4.98 Å². The highest BCUT2D eigenvalue weighted by Crippen LogP contribution is 2.43. The summed E-state index contributed by atoms with van der Waals surface area (Å²) in [7, 11) is 0. The van der Waals surface area contributed by atoms with Crippen LogP contribution in [0.3, 0.4) is 0 Å². The Morgan fingerprint density at radius 2 is 2.29 bits per heavy atom. The molecule has 0 saturated heterocycles. The summed E-state index contributed by atoms with van der Waals surface area (Å²) in [5.41, 5.74) is 0.781. The van der Waals surface area contributed by atoms with E-state index in [1.54, 1.807) is 11.3 Å². The second-order valence-corrected chi connectivity index (χ2v) is 5.16. The molecular weight excluding hydrogens is 192 g/mol. The number of thiazole rings is 1. The van der Waals surface area contributed by atoms with Crippen molar-refractivity contribution in [3.05, 3.63) is 16.1 Å². The van der Waals surface area contributed by atoms with Gasteiger partial charge < -0.3 is 0 Å². The minimum atomic E-state index is -0.232. The molecule has 1 aromatic heterocycles. The van der Waals surface area contributed by atoms with Crippen molar-refractivity contribution in [2.75, 3.05) is 0 Å². The second-order valence-electron chi connectivity index (χ2n) is 4.27. The summed E-state index contributed by atoms with van der Waals surface area (Å²) in [6.07, 6.45) is 3.15. The van der Waals surface area contributed by atoms with Crippen LogP contribution in [0.15, 0.2) is 5.38 Å². The number of nitriles is 1. The van der Waals surface area contributed by atoms with Gasteiger partial charge >= 0.3 is 0 Å². The Morgan fingerprint density at radius 1 is 1.57 bits per heavy atom. The van der Waals surface area contributed by atoms with Gasteiger partial charge in [0.05, 0.1) is 16.8 Å². The fourth-order valence-corrected chi connectivity index (χ4v) is 2.66. The van der Waals surface area contributed by atoms with E-state index in [2.05, 4.69) is 30.3 Å². The van der Waals surface area contributed by atoms with Gasteiger partial charge in [0.15, 0.2) is 0 Å². The standard InChI is InChI=1S/C11H14N2S/c1-8(2)10-13-9(6-14-10)11(7-12)4-3-5-11/h6,8H,3-5H2,1-2H3. The first-order valence-corrected chi connectivity index (χ1v) is 5.93. The smallest absolute Gasteiger partial charge is 0.100 e. The van der Waals surface area contributed by atoms with E-state index >= 15 is 0 Å². The lowest BCUT2D eigenvalue weighted by molar-refractivity contribution is 0.317. The first kappa shape index (κ1) is 9.67. The van der Waals surface area contributed by atoms with Gasteiger partial charge in [0.25, 0.3) is 0 Å². The van der Waals surface area contributed by atoms with E-state index in [0.29, 0.717) is 5.92 Å². The number of rotatable bonds is 2. The summed E-state index contributed by atoms with van der Waals surface area (Å²) < 4.78 is 0. The maximum Gasteiger partial charge on any atom is 0.100 e. The third-order valence-electron chi connectivity index (χ3n) is 2.93. The fraction of sp³-hybridized carbons (Fsp3) is 0.636. The van der Waals surface area contributed by atoms with Crippen LogP contribution < -0.4 is 0 Å². The first-order chi connectivity index (χ1) is 6.68. The molecule has 74 valence electrons. The molecule has 2 nitrogen and oxygen atoms in total. The molecule has 3 heteroatoms. The van der Waals surface area contributed by atoms with Crippen molar-refractivity contribution < 1.29 is 0 Å². The predicted octanol–water partition coefficient (Wildman–Crippen LogP) is 3.21. The van der Waals surface area contributed by atoms with Crippen molar-refractivity contribution in [2.45, 2.75) is 44.4 Å². The Balaban J connectivity index is 2.29. The maximum atomic E-state index is 9.15. The zero-order valence-corrected chi connectivity index (χ0v) is 9.40. The monoisotopic (exact) mass is 206 g/mol. The molecule has 2 rings (SSSR count). The molecule has 0 atom stereocenters. The van der Waals surface area contributed by atoms with E-state index in [1.807, 2.05) is 0 Å². The minimum absolute atomic E-state index is 0.232. The Hall–Kier alpha value is -0.880. The van der Waals surface area contributed by atoms with Crippen molar-refractivity contribution in [3.8, 4) is 6.07 Å². The van der Waals surface area contributed by atoms with Crippen LogP contribution in [0.25, 0.3) is 0 Å². The van der Waals surface area contributed by atoms with Gasteiger partial charge in [-0.25, -0.2) is 4.98 Å². The SMILES string of the molecule is CC(C)c1nc(C2(C#N)CCC2)cs1. The summed E-state index contributed by atoms with van der Waals surface area (Å²) in [6.45, 7) is 4.28. The Kier molecular flexibility index (Phi) is 2.32. The molecule has 0 aromatic carbocycles. The van der Waals surface area contributed by atoms with Gasteiger partial charge in [-0.1, -0.05) is 13.8 Å². The zero-order valence-electron chi connectivity index (χ0n) is 8.58. The quantitative estimate of drug-likeness (QED) is 0.745. The zero-order chi connectivity index (χ0) is 10.2. The molecule has 0 aliphatic heterocycles. The normalized spacial score (nSPS) is 19.0. The lowest BCUT2D eigenvalue weighted by atomic mass is 9.68. The number of hydrogen-bond acceptors (Lipinski definition) is 3. The van der Waals surface area contributed by atoms with E-state index in [-0.39, 0.29) is 5.41 Å². The molecule has 0 amide bonds. The van der Waals surface area contributed by atoms with Crippen molar-refractivity contribution in [3.63, 3.8) is 0 Å². The van der Waals surface area contributed by atoms with Crippen LogP contribution in [-0.4, -0.2) is 4.98 Å².